The van der Waals surface area contributed by atoms with Crippen LogP contribution in [0, 0.1) is 0 Å². The highest BCUT2D eigenvalue weighted by Crippen LogP contribution is 2.01. The van der Waals surface area contributed by atoms with Gasteiger partial charge in [0, 0.05) is 14.0 Å². The molecule has 0 bridgehead atoms. The molecule has 0 saturated heterocycles. The fraction of sp³-hybridized carbons (Fsp3) is 0.333. The lowest BCUT2D eigenvalue weighted by atomic mass is 10.1. The standard InChI is InChI=1S/C12H17N/c1-2-3-4-8-11-13-12-9-6-5-7-10-12/h2-9,12-13H,10-11H2,1H3/b3-2-,8-4-/i5D,6D,7D,9D,10D. The zero-order chi connectivity index (χ0) is 13.7. The van der Waals surface area contributed by atoms with Crippen molar-refractivity contribution < 1.29 is 6.85 Å². The first-order valence-electron chi connectivity index (χ1n) is 6.87. The molecule has 1 heteroatoms. The highest BCUT2D eigenvalue weighted by atomic mass is 14.9. The third kappa shape index (κ3) is 4.48. The molecule has 1 aliphatic carbocycles. The third-order valence-electron chi connectivity index (χ3n) is 1.51. The van der Waals surface area contributed by atoms with E-state index in [1.54, 1.807) is 0 Å². The molecule has 13 heavy (non-hydrogen) atoms. The van der Waals surface area contributed by atoms with Gasteiger partial charge >= 0.3 is 0 Å². The quantitative estimate of drug-likeness (QED) is 0.656. The van der Waals surface area contributed by atoms with Crippen LogP contribution in [0.3, 0.4) is 0 Å². The van der Waals surface area contributed by atoms with Gasteiger partial charge in [0.2, 0.25) is 0 Å². The first-order chi connectivity index (χ1) is 8.50. The van der Waals surface area contributed by atoms with E-state index >= 15 is 0 Å². The van der Waals surface area contributed by atoms with Crippen LogP contribution in [0.1, 0.15) is 20.2 Å². The number of allylic oxidation sites excluding steroid dienone is 5. The molecule has 0 fully saturated rings. The predicted molar refractivity (Wildman–Crippen MR) is 58.6 cm³/mol. The Balaban J connectivity index is 2.73. The molecule has 0 radical (unpaired) electrons. The Morgan fingerprint density at radius 1 is 1.62 bits per heavy atom. The van der Waals surface area contributed by atoms with Crippen LogP contribution in [0.2, 0.25) is 0 Å². The van der Waals surface area contributed by atoms with Crippen LogP contribution >= 0.6 is 0 Å². The second kappa shape index (κ2) is 6.44. The van der Waals surface area contributed by atoms with Crippen LogP contribution in [-0.2, 0) is 0 Å². The van der Waals surface area contributed by atoms with E-state index in [1.165, 1.54) is 0 Å². The van der Waals surface area contributed by atoms with Crippen LogP contribution < -0.4 is 5.32 Å². The van der Waals surface area contributed by atoms with E-state index in [0.29, 0.717) is 6.54 Å². The van der Waals surface area contributed by atoms with Crippen LogP contribution in [0.15, 0.2) is 48.5 Å². The molecule has 0 heterocycles. The summed E-state index contributed by atoms with van der Waals surface area (Å²) in [5, 5.41) is 2.95. The minimum absolute atomic E-state index is 0.0876. The van der Waals surface area contributed by atoms with Gasteiger partial charge in [-0.05, 0) is 13.3 Å². The number of rotatable bonds is 4. The van der Waals surface area contributed by atoms with Crippen molar-refractivity contribution in [3.8, 4) is 0 Å². The number of hydrogen-bond acceptors (Lipinski definition) is 1. The highest BCUT2D eigenvalue weighted by molar-refractivity contribution is 5.14. The largest absolute Gasteiger partial charge is 0.307 e. The molecule has 0 aromatic rings. The summed E-state index contributed by atoms with van der Waals surface area (Å²) < 4.78 is 38.1. The van der Waals surface area contributed by atoms with Gasteiger partial charge in [-0.15, -0.1) is 0 Å². The first kappa shape index (κ1) is 4.97. The molecule has 0 aliphatic heterocycles. The molecule has 1 N–H and O–H groups in total. The maximum atomic E-state index is 7.80. The third-order valence-corrected chi connectivity index (χ3v) is 1.51. The van der Waals surface area contributed by atoms with E-state index in [0.717, 1.165) is 0 Å². The van der Waals surface area contributed by atoms with Gasteiger partial charge in [-0.25, -0.2) is 0 Å². The minimum atomic E-state index is -0.991. The molecular weight excluding hydrogens is 158 g/mol. The zero-order valence-corrected chi connectivity index (χ0v) is 7.67. The van der Waals surface area contributed by atoms with Crippen molar-refractivity contribution in [1.29, 1.82) is 0 Å². The van der Waals surface area contributed by atoms with E-state index in [-0.39, 0.29) is 24.2 Å². The molecule has 0 aromatic carbocycles. The van der Waals surface area contributed by atoms with E-state index in [9.17, 15) is 0 Å². The lowest BCUT2D eigenvalue weighted by Crippen LogP contribution is -2.27. The van der Waals surface area contributed by atoms with Crippen molar-refractivity contribution >= 4 is 0 Å². The van der Waals surface area contributed by atoms with Crippen molar-refractivity contribution in [3.05, 3.63) is 48.5 Å². The van der Waals surface area contributed by atoms with Crippen LogP contribution in [0.25, 0.3) is 0 Å². The maximum absolute atomic E-state index is 7.80. The molecule has 1 nitrogen and oxygen atoms in total. The van der Waals surface area contributed by atoms with Crippen LogP contribution in [0.4, 0.5) is 0 Å². The molecule has 2 unspecified atom stereocenters. The van der Waals surface area contributed by atoms with Crippen LogP contribution in [-0.4, -0.2) is 12.6 Å². The van der Waals surface area contributed by atoms with Gasteiger partial charge in [-0.1, -0.05) is 48.5 Å². The van der Waals surface area contributed by atoms with Gasteiger partial charge in [0.1, 0.15) is 0 Å². The molecule has 1 rings (SSSR count). The number of nitrogens with one attached hydrogen (secondary N) is 1. The van der Waals surface area contributed by atoms with E-state index in [1.807, 2.05) is 31.2 Å². The first-order valence-corrected chi connectivity index (χ1v) is 4.29. The SMILES string of the molecule is [2H]C1=C([2H])C([2H])C(NC/C=C\C=C/C)C([2H])=C1[2H]. The molecular formula is C12H17N. The summed E-state index contributed by atoms with van der Waals surface area (Å²) >= 11 is 0. The lowest BCUT2D eigenvalue weighted by Gasteiger charge is -2.12. The van der Waals surface area contributed by atoms with Crippen LogP contribution in [0.5, 0.6) is 0 Å². The zero-order valence-electron chi connectivity index (χ0n) is 12.7. The summed E-state index contributed by atoms with van der Waals surface area (Å²) in [6, 6.07) is -1.56. The smallest absolute Gasteiger partial charge is 0.0620 e. The average Bonchev–Trinajstić information content (AvgIpc) is 2.37. The normalized spacial score (nSPS) is 36.2. The van der Waals surface area contributed by atoms with E-state index in [2.05, 4.69) is 5.32 Å². The van der Waals surface area contributed by atoms with Gasteiger partial charge in [0.15, 0.2) is 0 Å². The Hall–Kier alpha value is -1.08. The van der Waals surface area contributed by atoms with Crippen molar-refractivity contribution in [3.63, 3.8) is 0 Å². The van der Waals surface area contributed by atoms with Crippen molar-refractivity contribution in [2.75, 3.05) is 6.54 Å². The fourth-order valence-corrected chi connectivity index (χ4v) is 0.879. The molecule has 0 spiro atoms. The van der Waals surface area contributed by atoms with Gasteiger partial charge in [0.25, 0.3) is 0 Å². The summed E-state index contributed by atoms with van der Waals surface area (Å²) in [6.45, 7) is 2.36. The summed E-state index contributed by atoms with van der Waals surface area (Å²) in [5.74, 6) is 0. The van der Waals surface area contributed by atoms with Gasteiger partial charge < -0.3 is 5.32 Å². The molecule has 70 valence electrons. The average molecular weight is 180 g/mol. The Labute approximate surface area is 87.6 Å². The Kier molecular flexibility index (Phi) is 2.46. The molecule has 0 saturated carbocycles. The van der Waals surface area contributed by atoms with Gasteiger partial charge in [-0.3, -0.25) is 0 Å². The molecule has 2 atom stereocenters. The van der Waals surface area contributed by atoms with Crippen molar-refractivity contribution in [1.82, 2.24) is 5.32 Å². The Bertz CT molecular complexity index is 422. The lowest BCUT2D eigenvalue weighted by molar-refractivity contribution is 0.637. The predicted octanol–water partition coefficient (Wildman–Crippen LogP) is 2.59. The molecule has 0 aromatic heterocycles. The second-order valence-electron chi connectivity index (χ2n) is 2.55. The topological polar surface area (TPSA) is 12.0 Å². The van der Waals surface area contributed by atoms with Crippen molar-refractivity contribution in [2.24, 2.45) is 0 Å². The highest BCUT2D eigenvalue weighted by Gasteiger charge is 2.00. The summed E-state index contributed by atoms with van der Waals surface area (Å²) in [5.41, 5.74) is 0. The second-order valence-corrected chi connectivity index (χ2v) is 2.55. The Morgan fingerprint density at radius 2 is 2.54 bits per heavy atom. The van der Waals surface area contributed by atoms with Gasteiger partial charge in [-0.2, -0.15) is 0 Å². The monoisotopic (exact) mass is 180 g/mol. The summed E-state index contributed by atoms with van der Waals surface area (Å²) in [7, 11) is 0. The fourth-order valence-electron chi connectivity index (χ4n) is 0.879. The summed E-state index contributed by atoms with van der Waals surface area (Å²) in [6.07, 6.45) is 6.45. The minimum Gasteiger partial charge on any atom is -0.307 e. The maximum Gasteiger partial charge on any atom is 0.0620 e. The van der Waals surface area contributed by atoms with Gasteiger partial charge in [0.05, 0.1) is 5.48 Å². The number of hydrogen-bond donors (Lipinski definition) is 1. The van der Waals surface area contributed by atoms with E-state index < -0.39 is 12.4 Å². The Morgan fingerprint density at radius 3 is 3.38 bits per heavy atom. The van der Waals surface area contributed by atoms with Crippen molar-refractivity contribution in [2.45, 2.75) is 19.4 Å². The molecule has 0 amide bonds. The molecule has 1 aliphatic rings. The van der Waals surface area contributed by atoms with E-state index in [4.69, 9.17) is 6.85 Å². The summed E-state index contributed by atoms with van der Waals surface area (Å²) in [4.78, 5) is 0.